The van der Waals surface area contributed by atoms with Gasteiger partial charge in [-0.3, -0.25) is 4.90 Å². The highest BCUT2D eigenvalue weighted by atomic mass is 32.2. The van der Waals surface area contributed by atoms with Gasteiger partial charge in [-0.2, -0.15) is 26.7 Å². The average molecular weight is 270 g/mol. The molecule has 4 N–H and O–H groups in total. The van der Waals surface area contributed by atoms with E-state index in [-0.39, 0.29) is 11.9 Å². The molecule has 1 rings (SSSR count). The first-order chi connectivity index (χ1) is 8.52. The normalized spacial score (nSPS) is 12.9. The second-order valence-corrected chi connectivity index (χ2v) is 5.61. The number of aromatic nitrogens is 3. The number of anilines is 2. The van der Waals surface area contributed by atoms with E-state index in [0.29, 0.717) is 18.4 Å². The van der Waals surface area contributed by atoms with Crippen molar-refractivity contribution in [1.29, 1.82) is 0 Å². The maximum Gasteiger partial charge on any atom is 0.225 e. The van der Waals surface area contributed by atoms with Crippen LogP contribution in [0.5, 0.6) is 0 Å². The van der Waals surface area contributed by atoms with Gasteiger partial charge >= 0.3 is 0 Å². The molecular weight excluding hydrogens is 248 g/mol. The molecule has 18 heavy (non-hydrogen) atoms. The summed E-state index contributed by atoms with van der Waals surface area (Å²) in [7, 11) is 2.05. The molecule has 1 atom stereocenters. The fraction of sp³-hybridized carbons (Fsp3) is 0.727. The molecule has 0 fully saturated rings. The van der Waals surface area contributed by atoms with Gasteiger partial charge in [0, 0.05) is 6.04 Å². The molecular formula is C11H22N6S. The quantitative estimate of drug-likeness (QED) is 0.714. The Bertz CT molecular complexity index is 352. The van der Waals surface area contributed by atoms with Crippen LogP contribution in [0.25, 0.3) is 0 Å². The second kappa shape index (κ2) is 7.38. The summed E-state index contributed by atoms with van der Waals surface area (Å²) in [5, 5.41) is 0. The first-order valence-corrected chi connectivity index (χ1v) is 7.22. The zero-order chi connectivity index (χ0) is 13.5. The molecule has 0 saturated carbocycles. The molecule has 0 aliphatic rings. The summed E-state index contributed by atoms with van der Waals surface area (Å²) in [6, 6.07) is 0.475. The van der Waals surface area contributed by atoms with Crippen molar-refractivity contribution in [2.24, 2.45) is 0 Å². The van der Waals surface area contributed by atoms with Crippen molar-refractivity contribution in [2.45, 2.75) is 32.9 Å². The van der Waals surface area contributed by atoms with E-state index in [1.54, 1.807) is 0 Å². The molecule has 0 amide bonds. The van der Waals surface area contributed by atoms with E-state index >= 15 is 0 Å². The summed E-state index contributed by atoms with van der Waals surface area (Å²) in [4.78, 5) is 14.1. The smallest absolute Gasteiger partial charge is 0.225 e. The summed E-state index contributed by atoms with van der Waals surface area (Å²) in [5.41, 5.74) is 11.1. The number of rotatable bonds is 7. The molecule has 1 aromatic heterocycles. The minimum Gasteiger partial charge on any atom is -0.368 e. The number of hydrogen-bond donors (Lipinski definition) is 2. The van der Waals surface area contributed by atoms with Gasteiger partial charge in [0.1, 0.15) is 5.82 Å². The molecule has 1 unspecified atom stereocenters. The molecule has 0 spiro atoms. The molecule has 1 heterocycles. The molecule has 7 heteroatoms. The first kappa shape index (κ1) is 15.0. The number of nitrogens with zero attached hydrogens (tertiary/aromatic N) is 4. The van der Waals surface area contributed by atoms with Crippen molar-refractivity contribution >= 4 is 23.7 Å². The standard InChI is InChI=1S/C11H22N6S/c1-4-18-6-5-8(2)17(3)7-9-14-10(12)16-11(13)15-9/h8H,4-7H2,1-3H3,(H4,12,13,14,15,16). The molecule has 6 nitrogen and oxygen atoms in total. The number of hydrogen-bond acceptors (Lipinski definition) is 7. The summed E-state index contributed by atoms with van der Waals surface area (Å²) < 4.78 is 0. The van der Waals surface area contributed by atoms with E-state index in [9.17, 15) is 0 Å². The lowest BCUT2D eigenvalue weighted by Gasteiger charge is -2.23. The van der Waals surface area contributed by atoms with E-state index in [1.807, 2.05) is 11.8 Å². The van der Waals surface area contributed by atoms with Crippen LogP contribution in [0, 0.1) is 0 Å². The summed E-state index contributed by atoms with van der Waals surface area (Å²) in [5.74, 6) is 3.32. The van der Waals surface area contributed by atoms with Crippen LogP contribution in [0.4, 0.5) is 11.9 Å². The van der Waals surface area contributed by atoms with Crippen LogP contribution >= 0.6 is 11.8 Å². The second-order valence-electron chi connectivity index (χ2n) is 4.22. The number of nitrogen functional groups attached to an aromatic ring is 2. The number of nitrogens with two attached hydrogens (primary N) is 2. The SMILES string of the molecule is CCSCCC(C)N(C)Cc1nc(N)nc(N)n1. The van der Waals surface area contributed by atoms with Crippen LogP contribution in [0.1, 0.15) is 26.1 Å². The molecule has 102 valence electrons. The fourth-order valence-corrected chi connectivity index (χ4v) is 2.32. The Hall–Kier alpha value is -1.08. The third-order valence-corrected chi connectivity index (χ3v) is 3.68. The van der Waals surface area contributed by atoms with E-state index in [4.69, 9.17) is 11.5 Å². The maximum absolute atomic E-state index is 5.55. The lowest BCUT2D eigenvalue weighted by atomic mass is 10.2. The van der Waals surface area contributed by atoms with Crippen molar-refractivity contribution < 1.29 is 0 Å². The van der Waals surface area contributed by atoms with Crippen molar-refractivity contribution in [3.63, 3.8) is 0 Å². The average Bonchev–Trinajstić information content (AvgIpc) is 2.27. The predicted octanol–water partition coefficient (Wildman–Crippen LogP) is 1.000. The molecule has 0 aliphatic carbocycles. The molecule has 1 aromatic rings. The van der Waals surface area contributed by atoms with Crippen molar-refractivity contribution in [3.8, 4) is 0 Å². The monoisotopic (exact) mass is 270 g/mol. The molecule has 0 saturated heterocycles. The van der Waals surface area contributed by atoms with Gasteiger partial charge in [-0.25, -0.2) is 0 Å². The highest BCUT2D eigenvalue weighted by molar-refractivity contribution is 7.99. The topological polar surface area (TPSA) is 94.0 Å². The summed E-state index contributed by atoms with van der Waals surface area (Å²) in [6.07, 6.45) is 1.14. The fourth-order valence-electron chi connectivity index (χ4n) is 1.53. The van der Waals surface area contributed by atoms with Gasteiger partial charge in [0.05, 0.1) is 6.54 Å². The minimum atomic E-state index is 0.181. The lowest BCUT2D eigenvalue weighted by molar-refractivity contribution is 0.239. The van der Waals surface area contributed by atoms with Gasteiger partial charge < -0.3 is 11.5 Å². The molecule has 0 bridgehead atoms. The minimum absolute atomic E-state index is 0.181. The van der Waals surface area contributed by atoms with E-state index in [2.05, 4.69) is 40.7 Å². The van der Waals surface area contributed by atoms with Crippen LogP contribution < -0.4 is 11.5 Å². The zero-order valence-corrected chi connectivity index (χ0v) is 12.1. The van der Waals surface area contributed by atoms with Crippen molar-refractivity contribution in [3.05, 3.63) is 5.82 Å². The predicted molar refractivity (Wildman–Crippen MR) is 77.2 cm³/mol. The number of thioether (sulfide) groups is 1. The molecule has 0 aliphatic heterocycles. The Morgan fingerprint density at radius 2 is 1.83 bits per heavy atom. The van der Waals surface area contributed by atoms with Crippen molar-refractivity contribution in [2.75, 3.05) is 30.0 Å². The maximum atomic E-state index is 5.55. The Morgan fingerprint density at radius 3 is 2.39 bits per heavy atom. The third kappa shape index (κ3) is 5.05. The first-order valence-electron chi connectivity index (χ1n) is 6.06. The molecule has 0 aromatic carbocycles. The van der Waals surface area contributed by atoms with Gasteiger partial charge in [0.15, 0.2) is 0 Å². The van der Waals surface area contributed by atoms with E-state index in [1.165, 1.54) is 5.75 Å². The lowest BCUT2D eigenvalue weighted by Crippen LogP contribution is -2.30. The van der Waals surface area contributed by atoms with E-state index < -0.39 is 0 Å². The van der Waals surface area contributed by atoms with Crippen LogP contribution in [0.3, 0.4) is 0 Å². The van der Waals surface area contributed by atoms with Crippen LogP contribution in [0.2, 0.25) is 0 Å². The Kier molecular flexibility index (Phi) is 6.14. The molecule has 0 radical (unpaired) electrons. The van der Waals surface area contributed by atoms with Gasteiger partial charge in [-0.15, -0.1) is 0 Å². The van der Waals surface area contributed by atoms with Crippen LogP contribution in [-0.4, -0.2) is 44.4 Å². The third-order valence-electron chi connectivity index (χ3n) is 2.74. The Labute approximate surface area is 113 Å². The zero-order valence-electron chi connectivity index (χ0n) is 11.3. The van der Waals surface area contributed by atoms with Gasteiger partial charge in [-0.05, 0) is 31.9 Å². The van der Waals surface area contributed by atoms with Crippen LogP contribution in [-0.2, 0) is 6.54 Å². The van der Waals surface area contributed by atoms with Crippen LogP contribution in [0.15, 0.2) is 0 Å². The van der Waals surface area contributed by atoms with E-state index in [0.717, 1.165) is 12.2 Å². The van der Waals surface area contributed by atoms with Crippen molar-refractivity contribution in [1.82, 2.24) is 19.9 Å². The Morgan fingerprint density at radius 1 is 1.22 bits per heavy atom. The Balaban J connectivity index is 2.49. The largest absolute Gasteiger partial charge is 0.368 e. The van der Waals surface area contributed by atoms with Gasteiger partial charge in [0.2, 0.25) is 11.9 Å². The summed E-state index contributed by atoms with van der Waals surface area (Å²) >= 11 is 1.96. The summed E-state index contributed by atoms with van der Waals surface area (Å²) in [6.45, 7) is 5.01. The highest BCUT2D eigenvalue weighted by Gasteiger charge is 2.12. The highest BCUT2D eigenvalue weighted by Crippen LogP contribution is 2.10. The van der Waals surface area contributed by atoms with Gasteiger partial charge in [0.25, 0.3) is 0 Å². The van der Waals surface area contributed by atoms with Gasteiger partial charge in [-0.1, -0.05) is 6.92 Å².